The van der Waals surface area contributed by atoms with Gasteiger partial charge in [0.05, 0.1) is 25.6 Å². The zero-order valence-corrected chi connectivity index (χ0v) is 17.6. The third kappa shape index (κ3) is 4.89. The minimum atomic E-state index is -0.337. The second kappa shape index (κ2) is 9.70. The Bertz CT molecular complexity index is 1180. The molecule has 2 amide bonds. The van der Waals surface area contributed by atoms with E-state index in [4.69, 9.17) is 9.15 Å². The van der Waals surface area contributed by atoms with Crippen molar-refractivity contribution in [3.63, 3.8) is 0 Å². The Morgan fingerprint density at radius 2 is 1.81 bits per heavy atom. The molecule has 0 bridgehead atoms. The second-order valence-corrected chi connectivity index (χ2v) is 7.13. The number of hydrogen-bond acceptors (Lipinski definition) is 4. The highest BCUT2D eigenvalue weighted by Gasteiger charge is 2.21. The van der Waals surface area contributed by atoms with Crippen LogP contribution in [0.1, 0.15) is 16.1 Å². The molecule has 4 aromatic rings. The van der Waals surface area contributed by atoms with Crippen molar-refractivity contribution in [1.29, 1.82) is 0 Å². The normalized spacial score (nSPS) is 10.5. The third-order valence-corrected chi connectivity index (χ3v) is 4.93. The molecule has 0 radical (unpaired) electrons. The van der Waals surface area contributed by atoms with Crippen molar-refractivity contribution in [2.45, 2.75) is 6.54 Å². The summed E-state index contributed by atoms with van der Waals surface area (Å²) in [5.74, 6) is 0.524. The van der Waals surface area contributed by atoms with Crippen LogP contribution in [-0.2, 0) is 11.3 Å². The maximum absolute atomic E-state index is 13.4. The van der Waals surface area contributed by atoms with E-state index in [1.807, 2.05) is 47.3 Å². The van der Waals surface area contributed by atoms with Crippen LogP contribution in [0.5, 0.6) is 5.75 Å². The van der Waals surface area contributed by atoms with E-state index in [-0.39, 0.29) is 24.9 Å². The van der Waals surface area contributed by atoms with Crippen LogP contribution in [0.2, 0.25) is 0 Å². The highest BCUT2D eigenvalue weighted by molar-refractivity contribution is 6.00. The molecule has 0 fully saturated rings. The lowest BCUT2D eigenvalue weighted by atomic mass is 10.1. The van der Waals surface area contributed by atoms with Gasteiger partial charge in [-0.25, -0.2) is 0 Å². The van der Waals surface area contributed by atoms with Gasteiger partial charge < -0.3 is 23.9 Å². The summed E-state index contributed by atoms with van der Waals surface area (Å²) in [6, 6.07) is 21.8. The fourth-order valence-corrected chi connectivity index (χ4v) is 3.39. The second-order valence-electron chi connectivity index (χ2n) is 7.13. The average molecular weight is 429 g/mol. The van der Waals surface area contributed by atoms with E-state index in [0.29, 0.717) is 22.8 Å². The van der Waals surface area contributed by atoms with Gasteiger partial charge in [0, 0.05) is 23.6 Å². The number of amides is 2. The smallest absolute Gasteiger partial charge is 0.254 e. The molecule has 2 heterocycles. The van der Waals surface area contributed by atoms with Crippen LogP contribution in [0, 0.1) is 0 Å². The molecule has 0 spiro atoms. The van der Waals surface area contributed by atoms with Gasteiger partial charge in [-0.2, -0.15) is 0 Å². The number of carbonyl (C=O) groups is 2. The summed E-state index contributed by atoms with van der Waals surface area (Å²) < 4.78 is 12.6. The molecule has 32 heavy (non-hydrogen) atoms. The van der Waals surface area contributed by atoms with Crippen molar-refractivity contribution in [2.24, 2.45) is 0 Å². The van der Waals surface area contributed by atoms with Crippen molar-refractivity contribution >= 4 is 17.5 Å². The predicted octanol–water partition coefficient (Wildman–Crippen LogP) is 4.36. The molecule has 0 aliphatic rings. The number of aromatic nitrogens is 1. The molecule has 7 heteroatoms. The molecular formula is C25H23N3O4. The van der Waals surface area contributed by atoms with Gasteiger partial charge in [-0.15, -0.1) is 0 Å². The molecule has 0 unspecified atom stereocenters. The quantitative estimate of drug-likeness (QED) is 0.452. The summed E-state index contributed by atoms with van der Waals surface area (Å²) in [5.41, 5.74) is 1.88. The minimum Gasteiger partial charge on any atom is -0.495 e. The van der Waals surface area contributed by atoms with Crippen LogP contribution in [0.15, 0.2) is 95.9 Å². The summed E-state index contributed by atoms with van der Waals surface area (Å²) >= 11 is 0. The average Bonchev–Trinajstić information content (AvgIpc) is 3.53. The number of ether oxygens (including phenoxy) is 1. The largest absolute Gasteiger partial charge is 0.495 e. The summed E-state index contributed by atoms with van der Waals surface area (Å²) in [4.78, 5) is 27.6. The molecule has 162 valence electrons. The van der Waals surface area contributed by atoms with E-state index in [1.165, 1.54) is 12.0 Å². The number of nitrogens with one attached hydrogen (secondary N) is 1. The highest BCUT2D eigenvalue weighted by atomic mass is 16.5. The summed E-state index contributed by atoms with van der Waals surface area (Å²) in [7, 11) is 1.54. The Hall–Kier alpha value is -4.26. The summed E-state index contributed by atoms with van der Waals surface area (Å²) in [6.45, 7) is 0.0181. The molecule has 4 rings (SSSR count). The molecule has 7 nitrogen and oxygen atoms in total. The monoisotopic (exact) mass is 429 g/mol. The topological polar surface area (TPSA) is 76.7 Å². The first-order chi connectivity index (χ1) is 15.6. The number of hydrogen-bond donors (Lipinski definition) is 1. The molecule has 0 atom stereocenters. The molecule has 0 saturated heterocycles. The fourth-order valence-electron chi connectivity index (χ4n) is 3.39. The first kappa shape index (κ1) is 21.0. The standard InChI is InChI=1S/C25H23N3O4/c1-31-23-12-3-2-11-22(23)26-24(29)18-28(17-21-10-7-15-32-21)25(30)19-8-6-9-20(16-19)27-13-4-5-14-27/h2-16H,17-18H2,1H3,(H,26,29). The van der Waals surface area contributed by atoms with Crippen molar-refractivity contribution in [1.82, 2.24) is 9.47 Å². The third-order valence-electron chi connectivity index (χ3n) is 4.93. The van der Waals surface area contributed by atoms with Gasteiger partial charge in [0.15, 0.2) is 0 Å². The molecule has 2 aromatic heterocycles. The first-order valence-corrected chi connectivity index (χ1v) is 10.1. The van der Waals surface area contributed by atoms with E-state index in [1.54, 1.807) is 48.7 Å². The molecule has 0 saturated carbocycles. The van der Waals surface area contributed by atoms with Gasteiger partial charge >= 0.3 is 0 Å². The van der Waals surface area contributed by atoms with E-state index >= 15 is 0 Å². The van der Waals surface area contributed by atoms with Crippen molar-refractivity contribution < 1.29 is 18.7 Å². The van der Waals surface area contributed by atoms with Crippen molar-refractivity contribution in [2.75, 3.05) is 19.0 Å². The van der Waals surface area contributed by atoms with Crippen molar-refractivity contribution in [3.05, 3.63) is 103 Å². The van der Waals surface area contributed by atoms with Crippen LogP contribution in [0.4, 0.5) is 5.69 Å². The molecule has 1 N–H and O–H groups in total. The number of para-hydroxylation sites is 2. The van der Waals surface area contributed by atoms with Gasteiger partial charge in [-0.3, -0.25) is 9.59 Å². The Morgan fingerprint density at radius 1 is 1.00 bits per heavy atom. The Kier molecular flexibility index (Phi) is 6.36. The lowest BCUT2D eigenvalue weighted by Gasteiger charge is -2.22. The van der Waals surface area contributed by atoms with E-state index in [2.05, 4.69) is 5.32 Å². The lowest BCUT2D eigenvalue weighted by Crippen LogP contribution is -2.37. The Balaban J connectivity index is 1.56. The van der Waals surface area contributed by atoms with Crippen LogP contribution in [0.3, 0.4) is 0 Å². The summed E-state index contributed by atoms with van der Waals surface area (Å²) in [6.07, 6.45) is 5.36. The van der Waals surface area contributed by atoms with Crippen LogP contribution in [-0.4, -0.2) is 34.9 Å². The zero-order valence-electron chi connectivity index (χ0n) is 17.6. The fraction of sp³-hybridized carbons (Fsp3) is 0.120. The number of rotatable bonds is 8. The SMILES string of the molecule is COc1ccccc1NC(=O)CN(Cc1ccco1)C(=O)c1cccc(-n2cccc2)c1. The van der Waals surface area contributed by atoms with Gasteiger partial charge in [-0.05, 0) is 54.6 Å². The van der Waals surface area contributed by atoms with Gasteiger partial charge in [0.1, 0.15) is 18.1 Å². The lowest BCUT2D eigenvalue weighted by molar-refractivity contribution is -0.117. The number of nitrogens with zero attached hydrogens (tertiary/aromatic N) is 2. The highest BCUT2D eigenvalue weighted by Crippen LogP contribution is 2.23. The van der Waals surface area contributed by atoms with Gasteiger partial charge in [-0.1, -0.05) is 18.2 Å². The number of anilines is 1. The molecule has 0 aliphatic carbocycles. The van der Waals surface area contributed by atoms with Gasteiger partial charge in [0.2, 0.25) is 5.91 Å². The van der Waals surface area contributed by atoms with Crippen LogP contribution >= 0.6 is 0 Å². The Morgan fingerprint density at radius 3 is 2.56 bits per heavy atom. The van der Waals surface area contributed by atoms with E-state index in [0.717, 1.165) is 5.69 Å². The predicted molar refractivity (Wildman–Crippen MR) is 121 cm³/mol. The Labute approximate surface area is 185 Å². The molecule has 2 aromatic carbocycles. The van der Waals surface area contributed by atoms with Gasteiger partial charge in [0.25, 0.3) is 5.91 Å². The van der Waals surface area contributed by atoms with Crippen LogP contribution in [0.25, 0.3) is 5.69 Å². The van der Waals surface area contributed by atoms with E-state index in [9.17, 15) is 9.59 Å². The number of furan rings is 1. The number of benzene rings is 2. The molecular weight excluding hydrogens is 406 g/mol. The summed E-state index contributed by atoms with van der Waals surface area (Å²) in [5, 5.41) is 2.82. The minimum absolute atomic E-state index is 0.147. The van der Waals surface area contributed by atoms with Crippen LogP contribution < -0.4 is 10.1 Å². The van der Waals surface area contributed by atoms with E-state index < -0.39 is 0 Å². The molecule has 0 aliphatic heterocycles. The van der Waals surface area contributed by atoms with Crippen molar-refractivity contribution in [3.8, 4) is 11.4 Å². The zero-order chi connectivity index (χ0) is 22.3. The number of methoxy groups -OCH3 is 1. The maximum atomic E-state index is 13.4. The number of carbonyl (C=O) groups excluding carboxylic acids is 2. The maximum Gasteiger partial charge on any atom is 0.254 e. The first-order valence-electron chi connectivity index (χ1n) is 10.1.